The molecule has 0 aliphatic rings. The Hall–Kier alpha value is -2.70. The van der Waals surface area contributed by atoms with E-state index in [1.54, 1.807) is 60.7 Å². The summed E-state index contributed by atoms with van der Waals surface area (Å²) in [5, 5.41) is 0. The van der Waals surface area contributed by atoms with Crippen LogP contribution in [0.1, 0.15) is 60.2 Å². The number of unbranched alkanes of at least 4 members (excludes halogenated alkanes) is 2. The van der Waals surface area contributed by atoms with E-state index in [2.05, 4.69) is 23.6 Å². The first-order chi connectivity index (χ1) is 13.7. The molecule has 0 aliphatic heterocycles. The maximum Gasteiger partial charge on any atom is 0.386 e. The van der Waals surface area contributed by atoms with E-state index >= 15 is 0 Å². The van der Waals surface area contributed by atoms with Crippen molar-refractivity contribution in [3.8, 4) is 0 Å². The van der Waals surface area contributed by atoms with Gasteiger partial charge in [-0.1, -0.05) is 63.1 Å². The third-order valence-electron chi connectivity index (χ3n) is 3.46. The molecule has 6 heteroatoms. The SMILES string of the molecule is CCCCOOCCCC.O=C(OOC(=O)c1ccccc1)c1ccccc1. The van der Waals surface area contributed by atoms with Crippen molar-refractivity contribution in [2.75, 3.05) is 13.2 Å². The first kappa shape index (κ1) is 23.3. The van der Waals surface area contributed by atoms with E-state index in [0.717, 1.165) is 38.9 Å². The first-order valence-corrected chi connectivity index (χ1v) is 9.46. The second-order valence-corrected chi connectivity index (χ2v) is 5.82. The van der Waals surface area contributed by atoms with Crippen molar-refractivity contribution in [2.24, 2.45) is 0 Å². The highest BCUT2D eigenvalue weighted by atomic mass is 17.2. The molecule has 28 heavy (non-hydrogen) atoms. The van der Waals surface area contributed by atoms with Crippen molar-refractivity contribution in [2.45, 2.75) is 39.5 Å². The Balaban J connectivity index is 0.000000336. The largest absolute Gasteiger partial charge is 0.386 e. The first-order valence-electron chi connectivity index (χ1n) is 9.46. The molecule has 2 aromatic carbocycles. The summed E-state index contributed by atoms with van der Waals surface area (Å²) in [6, 6.07) is 16.6. The van der Waals surface area contributed by atoms with Crippen molar-refractivity contribution < 1.29 is 29.1 Å². The second-order valence-electron chi connectivity index (χ2n) is 5.82. The normalized spacial score (nSPS) is 9.79. The Morgan fingerprint density at radius 3 is 1.32 bits per heavy atom. The molecule has 6 nitrogen and oxygen atoms in total. The molecular weight excluding hydrogens is 360 g/mol. The van der Waals surface area contributed by atoms with Gasteiger partial charge in [-0.15, -0.1) is 0 Å². The van der Waals surface area contributed by atoms with Crippen LogP contribution in [0.15, 0.2) is 60.7 Å². The van der Waals surface area contributed by atoms with Gasteiger partial charge in [0.15, 0.2) is 0 Å². The Labute approximate surface area is 166 Å². The van der Waals surface area contributed by atoms with Gasteiger partial charge in [0.2, 0.25) is 0 Å². The number of carbonyl (C=O) groups excluding carboxylic acids is 2. The Morgan fingerprint density at radius 2 is 1.00 bits per heavy atom. The molecule has 0 spiro atoms. The van der Waals surface area contributed by atoms with E-state index in [0.29, 0.717) is 11.1 Å². The van der Waals surface area contributed by atoms with Crippen LogP contribution in [0.25, 0.3) is 0 Å². The van der Waals surface area contributed by atoms with Crippen molar-refractivity contribution in [1.82, 2.24) is 0 Å². The lowest BCUT2D eigenvalue weighted by Crippen LogP contribution is -2.11. The highest BCUT2D eigenvalue weighted by Crippen LogP contribution is 2.05. The van der Waals surface area contributed by atoms with E-state index in [1.165, 1.54) is 0 Å². The van der Waals surface area contributed by atoms with E-state index in [4.69, 9.17) is 9.78 Å². The molecule has 0 fully saturated rings. The van der Waals surface area contributed by atoms with Gasteiger partial charge < -0.3 is 0 Å². The van der Waals surface area contributed by atoms with Crippen LogP contribution in [0, 0.1) is 0 Å². The average molecular weight is 388 g/mol. The van der Waals surface area contributed by atoms with Crippen molar-refractivity contribution in [3.63, 3.8) is 0 Å². The van der Waals surface area contributed by atoms with E-state index in [-0.39, 0.29) is 0 Å². The zero-order valence-corrected chi connectivity index (χ0v) is 16.5. The summed E-state index contributed by atoms with van der Waals surface area (Å²) in [6.45, 7) is 5.74. The van der Waals surface area contributed by atoms with Gasteiger partial charge in [0.25, 0.3) is 0 Å². The zero-order valence-electron chi connectivity index (χ0n) is 16.5. The molecule has 0 amide bonds. The van der Waals surface area contributed by atoms with Crippen LogP contribution in [0.3, 0.4) is 0 Å². The molecule has 0 atom stereocenters. The van der Waals surface area contributed by atoms with Crippen molar-refractivity contribution >= 4 is 11.9 Å². The minimum Gasteiger partial charge on any atom is -0.242 e. The molecule has 0 N–H and O–H groups in total. The maximum atomic E-state index is 11.5. The average Bonchev–Trinajstić information content (AvgIpc) is 2.76. The number of hydrogen-bond acceptors (Lipinski definition) is 6. The summed E-state index contributed by atoms with van der Waals surface area (Å²) >= 11 is 0. The summed E-state index contributed by atoms with van der Waals surface area (Å²) in [5.74, 6) is -1.42. The van der Waals surface area contributed by atoms with Gasteiger partial charge in [-0.25, -0.2) is 29.1 Å². The predicted molar refractivity (Wildman–Crippen MR) is 105 cm³/mol. The molecule has 0 saturated carbocycles. The van der Waals surface area contributed by atoms with E-state index < -0.39 is 11.9 Å². The third-order valence-corrected chi connectivity index (χ3v) is 3.46. The molecule has 0 unspecified atom stereocenters. The fraction of sp³-hybridized carbons (Fsp3) is 0.364. The topological polar surface area (TPSA) is 71.1 Å². The summed E-state index contributed by atoms with van der Waals surface area (Å²) in [4.78, 5) is 41.6. The molecule has 0 aromatic heterocycles. The predicted octanol–water partition coefficient (Wildman–Crippen LogP) is 5.15. The maximum absolute atomic E-state index is 11.5. The minimum absolute atomic E-state index is 0.318. The number of rotatable bonds is 9. The number of hydrogen-bond donors (Lipinski definition) is 0. The molecule has 0 saturated heterocycles. The van der Waals surface area contributed by atoms with Crippen molar-refractivity contribution in [1.29, 1.82) is 0 Å². The quantitative estimate of drug-likeness (QED) is 0.336. The lowest BCUT2D eigenvalue weighted by molar-refractivity contribution is -0.295. The Morgan fingerprint density at radius 1 is 0.643 bits per heavy atom. The number of benzene rings is 2. The molecule has 0 heterocycles. The standard InChI is InChI=1S/C14H10O4.C8H18O2/c15-13(11-7-3-1-4-8-11)17-18-14(16)12-9-5-2-6-10-12;1-3-5-7-9-10-8-6-4-2/h1-10H;3-8H2,1-2H3. The summed E-state index contributed by atoms with van der Waals surface area (Å²) in [5.41, 5.74) is 0.636. The molecule has 2 aromatic rings. The van der Waals surface area contributed by atoms with Crippen LogP contribution in [-0.2, 0) is 19.6 Å². The Bertz CT molecular complexity index is 598. The van der Waals surface area contributed by atoms with Crippen molar-refractivity contribution in [3.05, 3.63) is 71.8 Å². The lowest BCUT2D eigenvalue weighted by atomic mass is 10.2. The molecular formula is C22H28O6. The highest BCUT2D eigenvalue weighted by molar-refractivity contribution is 5.92. The molecule has 152 valence electrons. The monoisotopic (exact) mass is 388 g/mol. The van der Waals surface area contributed by atoms with Gasteiger partial charge >= 0.3 is 11.9 Å². The molecule has 0 radical (unpaired) electrons. The van der Waals surface area contributed by atoms with Gasteiger partial charge in [-0.3, -0.25) is 0 Å². The van der Waals surface area contributed by atoms with Gasteiger partial charge in [-0.2, -0.15) is 0 Å². The van der Waals surface area contributed by atoms with Crippen LogP contribution in [0.2, 0.25) is 0 Å². The Kier molecular flexibility index (Phi) is 12.8. The second kappa shape index (κ2) is 15.4. The van der Waals surface area contributed by atoms with Gasteiger partial charge in [-0.05, 0) is 37.1 Å². The zero-order chi connectivity index (χ0) is 20.5. The fourth-order valence-electron chi connectivity index (χ4n) is 1.84. The third kappa shape index (κ3) is 10.4. The summed E-state index contributed by atoms with van der Waals surface area (Å²) in [7, 11) is 0. The van der Waals surface area contributed by atoms with Crippen LogP contribution in [0.4, 0.5) is 0 Å². The van der Waals surface area contributed by atoms with Gasteiger partial charge in [0.1, 0.15) is 0 Å². The smallest absolute Gasteiger partial charge is 0.242 e. The van der Waals surface area contributed by atoms with E-state index in [9.17, 15) is 9.59 Å². The van der Waals surface area contributed by atoms with Crippen LogP contribution in [-0.4, -0.2) is 25.2 Å². The number of carbonyl (C=O) groups is 2. The summed E-state index contributed by atoms with van der Waals surface area (Å²) in [6.07, 6.45) is 4.51. The van der Waals surface area contributed by atoms with Gasteiger partial charge in [0, 0.05) is 0 Å². The fourth-order valence-corrected chi connectivity index (χ4v) is 1.84. The highest BCUT2D eigenvalue weighted by Gasteiger charge is 2.12. The molecule has 0 aliphatic carbocycles. The van der Waals surface area contributed by atoms with Gasteiger partial charge in [0.05, 0.1) is 24.3 Å². The lowest BCUT2D eigenvalue weighted by Gasteiger charge is -2.02. The van der Waals surface area contributed by atoms with Crippen LogP contribution >= 0.6 is 0 Å². The molecule has 0 bridgehead atoms. The van der Waals surface area contributed by atoms with Crippen LogP contribution < -0.4 is 0 Å². The summed E-state index contributed by atoms with van der Waals surface area (Å²) < 4.78 is 0. The van der Waals surface area contributed by atoms with E-state index in [1.807, 2.05) is 0 Å². The molecule has 2 rings (SSSR count). The minimum atomic E-state index is -0.708. The van der Waals surface area contributed by atoms with Crippen LogP contribution in [0.5, 0.6) is 0 Å².